The van der Waals surface area contributed by atoms with E-state index >= 15 is 0 Å². The van der Waals surface area contributed by atoms with Gasteiger partial charge >= 0.3 is 0 Å². The van der Waals surface area contributed by atoms with Crippen molar-refractivity contribution in [1.29, 1.82) is 0 Å². The molecule has 1 heterocycles. The number of nitrogens with one attached hydrogen (secondary N) is 3. The van der Waals surface area contributed by atoms with Crippen molar-refractivity contribution in [2.45, 2.75) is 19.5 Å². The summed E-state index contributed by atoms with van der Waals surface area (Å²) in [6.07, 6.45) is 0. The van der Waals surface area contributed by atoms with Crippen LogP contribution in [-0.4, -0.2) is 38.8 Å². The molecule has 0 saturated carbocycles. The number of methoxy groups -OCH3 is 1. The first-order chi connectivity index (χ1) is 9.28. The minimum absolute atomic E-state index is 0.440. The van der Waals surface area contributed by atoms with Crippen molar-refractivity contribution in [2.24, 2.45) is 4.99 Å². The maximum Gasteiger partial charge on any atom is 0.191 e. The predicted molar refractivity (Wildman–Crippen MR) is 78.5 cm³/mol. The lowest BCUT2D eigenvalue weighted by Gasteiger charge is -2.10. The molecule has 3 N–H and O–H groups in total. The molecule has 0 saturated heterocycles. The highest BCUT2D eigenvalue weighted by Crippen LogP contribution is 2.09. The number of hydrogen-bond donors (Lipinski definition) is 3. The summed E-state index contributed by atoms with van der Waals surface area (Å²) in [5.74, 6) is 0.898. The van der Waals surface area contributed by atoms with E-state index in [-0.39, 0.29) is 0 Å². The predicted octanol–water partition coefficient (Wildman–Crippen LogP) is 1.18. The smallest absolute Gasteiger partial charge is 0.191 e. The van der Waals surface area contributed by atoms with Gasteiger partial charge in [0.2, 0.25) is 0 Å². The second kappa shape index (κ2) is 6.99. The van der Waals surface area contributed by atoms with Gasteiger partial charge in [-0.3, -0.25) is 4.99 Å². The molecule has 0 aliphatic carbocycles. The Morgan fingerprint density at radius 2 is 2.11 bits per heavy atom. The number of anilines is 1. The number of ether oxygens (including phenoxy) is 1. The molecule has 19 heavy (non-hydrogen) atoms. The summed E-state index contributed by atoms with van der Waals surface area (Å²) in [4.78, 5) is 4.37. The van der Waals surface area contributed by atoms with Crippen LogP contribution in [0.1, 0.15) is 12.5 Å². The van der Waals surface area contributed by atoms with Crippen LogP contribution in [0, 0.1) is 0 Å². The molecule has 0 bridgehead atoms. The first-order valence-electron chi connectivity index (χ1n) is 6.64. The Morgan fingerprint density at radius 3 is 2.74 bits per heavy atom. The van der Waals surface area contributed by atoms with Gasteiger partial charge in [-0.15, -0.1) is 0 Å². The van der Waals surface area contributed by atoms with Crippen molar-refractivity contribution >= 4 is 11.6 Å². The number of benzene rings is 1. The largest absolute Gasteiger partial charge is 0.383 e. The molecule has 104 valence electrons. The zero-order valence-electron chi connectivity index (χ0n) is 11.6. The van der Waals surface area contributed by atoms with E-state index in [1.54, 1.807) is 7.11 Å². The summed E-state index contributed by atoms with van der Waals surface area (Å²) in [5.41, 5.74) is 2.35. The molecule has 1 aliphatic heterocycles. The van der Waals surface area contributed by atoms with Gasteiger partial charge in [0.1, 0.15) is 0 Å². The lowest BCUT2D eigenvalue weighted by atomic mass is 10.2. The molecule has 1 aromatic rings. The van der Waals surface area contributed by atoms with E-state index < -0.39 is 0 Å². The summed E-state index contributed by atoms with van der Waals surface area (Å²) in [6, 6.07) is 8.83. The highest BCUT2D eigenvalue weighted by atomic mass is 16.5. The van der Waals surface area contributed by atoms with Crippen molar-refractivity contribution in [3.8, 4) is 0 Å². The van der Waals surface area contributed by atoms with E-state index in [9.17, 15) is 0 Å². The highest BCUT2D eigenvalue weighted by Gasteiger charge is 2.11. The van der Waals surface area contributed by atoms with Crippen LogP contribution >= 0.6 is 0 Å². The van der Waals surface area contributed by atoms with Gasteiger partial charge in [-0.2, -0.15) is 0 Å². The average molecular weight is 262 g/mol. The molecule has 5 heteroatoms. The Balaban J connectivity index is 1.75. The second-order valence-electron chi connectivity index (χ2n) is 4.70. The van der Waals surface area contributed by atoms with E-state index in [0.717, 1.165) is 31.3 Å². The van der Waals surface area contributed by atoms with Crippen LogP contribution in [0.4, 0.5) is 5.69 Å². The van der Waals surface area contributed by atoms with Crippen LogP contribution < -0.4 is 16.0 Å². The van der Waals surface area contributed by atoms with Gasteiger partial charge in [0.15, 0.2) is 5.96 Å². The topological polar surface area (TPSA) is 57.7 Å². The fourth-order valence-electron chi connectivity index (χ4n) is 1.88. The maximum atomic E-state index is 5.00. The SMILES string of the molecule is COCCNc1ccc(CNC2=NCC(C)N2)cc1. The normalized spacial score (nSPS) is 17.8. The van der Waals surface area contributed by atoms with E-state index in [4.69, 9.17) is 4.74 Å². The number of hydrogen-bond acceptors (Lipinski definition) is 5. The van der Waals surface area contributed by atoms with E-state index in [1.165, 1.54) is 5.56 Å². The Morgan fingerprint density at radius 1 is 1.32 bits per heavy atom. The van der Waals surface area contributed by atoms with Gasteiger partial charge in [-0.05, 0) is 24.6 Å². The Kier molecular flexibility index (Phi) is 5.03. The van der Waals surface area contributed by atoms with Crippen LogP contribution in [0.3, 0.4) is 0 Å². The summed E-state index contributed by atoms with van der Waals surface area (Å²) >= 11 is 0. The van der Waals surface area contributed by atoms with Crippen molar-refractivity contribution in [3.05, 3.63) is 29.8 Å². The molecule has 0 spiro atoms. The molecule has 1 unspecified atom stereocenters. The second-order valence-corrected chi connectivity index (χ2v) is 4.70. The van der Waals surface area contributed by atoms with Crippen molar-refractivity contribution in [2.75, 3.05) is 32.1 Å². The minimum atomic E-state index is 0.440. The zero-order valence-corrected chi connectivity index (χ0v) is 11.6. The van der Waals surface area contributed by atoms with Crippen molar-refractivity contribution < 1.29 is 4.74 Å². The molecule has 0 amide bonds. The van der Waals surface area contributed by atoms with Crippen molar-refractivity contribution in [1.82, 2.24) is 10.6 Å². The average Bonchev–Trinajstić information content (AvgIpc) is 2.84. The standard InChI is InChI=1S/C14H22N4O/c1-11-9-16-14(18-11)17-10-12-3-5-13(6-4-12)15-7-8-19-2/h3-6,11,15H,7-10H2,1-2H3,(H2,16,17,18). The number of nitrogens with zero attached hydrogens (tertiary/aromatic N) is 1. The molecule has 0 radical (unpaired) electrons. The van der Waals surface area contributed by atoms with Crippen LogP contribution in [0.5, 0.6) is 0 Å². The fraction of sp³-hybridized carbons (Fsp3) is 0.500. The molecule has 5 nitrogen and oxygen atoms in total. The third kappa shape index (κ3) is 4.44. The van der Waals surface area contributed by atoms with E-state index in [2.05, 4.69) is 52.1 Å². The van der Waals surface area contributed by atoms with Gasteiger partial charge in [0, 0.05) is 31.9 Å². The number of aliphatic imine (C=N–C) groups is 1. The molecule has 0 aromatic heterocycles. The first kappa shape index (κ1) is 13.7. The molecule has 1 atom stereocenters. The third-order valence-corrected chi connectivity index (χ3v) is 2.96. The highest BCUT2D eigenvalue weighted by molar-refractivity contribution is 5.81. The third-order valence-electron chi connectivity index (χ3n) is 2.96. The van der Waals surface area contributed by atoms with Gasteiger partial charge in [-0.1, -0.05) is 12.1 Å². The quantitative estimate of drug-likeness (QED) is 0.674. The minimum Gasteiger partial charge on any atom is -0.383 e. The summed E-state index contributed by atoms with van der Waals surface area (Å²) < 4.78 is 5.00. The van der Waals surface area contributed by atoms with Crippen LogP contribution in [0.2, 0.25) is 0 Å². The molecule has 2 rings (SSSR count). The lowest BCUT2D eigenvalue weighted by Crippen LogP contribution is -2.37. The zero-order chi connectivity index (χ0) is 13.5. The summed E-state index contributed by atoms with van der Waals surface area (Å²) in [5, 5.41) is 9.88. The van der Waals surface area contributed by atoms with E-state index in [0.29, 0.717) is 12.6 Å². The van der Waals surface area contributed by atoms with Gasteiger partial charge in [0.05, 0.1) is 13.2 Å². The fourth-order valence-corrected chi connectivity index (χ4v) is 1.88. The lowest BCUT2D eigenvalue weighted by molar-refractivity contribution is 0.211. The number of guanidine groups is 1. The monoisotopic (exact) mass is 262 g/mol. The van der Waals surface area contributed by atoms with Gasteiger partial charge in [0.25, 0.3) is 0 Å². The Hall–Kier alpha value is -1.75. The maximum absolute atomic E-state index is 5.00. The molecular formula is C14H22N4O. The van der Waals surface area contributed by atoms with Crippen LogP contribution in [-0.2, 0) is 11.3 Å². The Labute approximate surface area is 114 Å². The molecule has 1 aromatic carbocycles. The first-order valence-corrected chi connectivity index (χ1v) is 6.64. The van der Waals surface area contributed by atoms with Gasteiger partial charge in [-0.25, -0.2) is 0 Å². The van der Waals surface area contributed by atoms with Crippen molar-refractivity contribution in [3.63, 3.8) is 0 Å². The van der Waals surface area contributed by atoms with Gasteiger partial charge < -0.3 is 20.7 Å². The molecule has 1 aliphatic rings. The number of rotatable bonds is 6. The van der Waals surface area contributed by atoms with E-state index in [1.807, 2.05) is 0 Å². The van der Waals surface area contributed by atoms with Crippen LogP contribution in [0.15, 0.2) is 29.3 Å². The molecule has 0 fully saturated rings. The summed E-state index contributed by atoms with van der Waals surface area (Å²) in [7, 11) is 1.71. The Bertz CT molecular complexity index is 416. The molecular weight excluding hydrogens is 240 g/mol. The van der Waals surface area contributed by atoms with Crippen LogP contribution in [0.25, 0.3) is 0 Å². The summed E-state index contributed by atoms with van der Waals surface area (Å²) in [6.45, 7) is 5.31.